The summed E-state index contributed by atoms with van der Waals surface area (Å²) in [5.74, 6) is 1.61. The first kappa shape index (κ1) is 25.7. The van der Waals surface area contributed by atoms with Gasteiger partial charge < -0.3 is 28.6 Å². The van der Waals surface area contributed by atoms with Crippen LogP contribution >= 0.6 is 0 Å². The Balaban J connectivity index is 1.45. The molecular weight excluding hydrogens is 434 g/mol. The van der Waals surface area contributed by atoms with E-state index in [9.17, 15) is 4.79 Å². The molecule has 3 rings (SSSR count). The standard InChI is InChI=1S/C27H35NO6/c1-3-27(29)28-12-10-24(11-13-28)34-26-9-5-7-23(21-26)22-6-4-8-25(20-22)33-19-18-32-17-16-31-15-14-30-2/h3-9,20-21,24H,1,10-19H2,2H3. The highest BCUT2D eigenvalue weighted by molar-refractivity contribution is 5.87. The van der Waals surface area contributed by atoms with E-state index < -0.39 is 0 Å². The van der Waals surface area contributed by atoms with E-state index in [2.05, 4.69) is 18.7 Å². The fourth-order valence-corrected chi connectivity index (χ4v) is 3.71. The second-order valence-corrected chi connectivity index (χ2v) is 7.97. The maximum Gasteiger partial charge on any atom is 0.245 e. The Morgan fingerprint density at radius 1 is 0.912 bits per heavy atom. The monoisotopic (exact) mass is 469 g/mol. The largest absolute Gasteiger partial charge is 0.491 e. The van der Waals surface area contributed by atoms with E-state index >= 15 is 0 Å². The first-order chi connectivity index (χ1) is 16.7. The van der Waals surface area contributed by atoms with Crippen LogP contribution in [0.5, 0.6) is 11.5 Å². The smallest absolute Gasteiger partial charge is 0.245 e. The van der Waals surface area contributed by atoms with Crippen molar-refractivity contribution in [3.05, 3.63) is 61.2 Å². The molecule has 0 saturated carbocycles. The van der Waals surface area contributed by atoms with Crippen molar-refractivity contribution in [1.82, 2.24) is 4.90 Å². The average molecular weight is 470 g/mol. The number of amides is 1. The van der Waals surface area contributed by atoms with Gasteiger partial charge in [0, 0.05) is 33.0 Å². The number of carbonyl (C=O) groups is 1. The number of nitrogens with zero attached hydrogens (tertiary/aromatic N) is 1. The summed E-state index contributed by atoms with van der Waals surface area (Å²) < 4.78 is 27.9. The van der Waals surface area contributed by atoms with E-state index in [-0.39, 0.29) is 12.0 Å². The van der Waals surface area contributed by atoms with Gasteiger partial charge in [0.1, 0.15) is 24.2 Å². The van der Waals surface area contributed by atoms with Gasteiger partial charge in [0.2, 0.25) is 5.91 Å². The molecule has 0 aromatic heterocycles. The van der Waals surface area contributed by atoms with Crippen LogP contribution in [0.15, 0.2) is 61.2 Å². The van der Waals surface area contributed by atoms with Crippen molar-refractivity contribution in [3.63, 3.8) is 0 Å². The van der Waals surface area contributed by atoms with Gasteiger partial charge in [-0.25, -0.2) is 0 Å². The molecule has 7 nitrogen and oxygen atoms in total. The van der Waals surface area contributed by atoms with Crippen LogP contribution in [0, 0.1) is 0 Å². The van der Waals surface area contributed by atoms with Gasteiger partial charge in [-0.05, 0) is 41.5 Å². The fraction of sp³-hybridized carbons (Fsp3) is 0.444. The Morgan fingerprint density at radius 2 is 1.50 bits per heavy atom. The summed E-state index contributed by atoms with van der Waals surface area (Å²) >= 11 is 0. The summed E-state index contributed by atoms with van der Waals surface area (Å²) in [5, 5.41) is 0. The molecule has 0 bridgehead atoms. The summed E-state index contributed by atoms with van der Waals surface area (Å²) in [6.07, 6.45) is 3.10. The molecule has 1 aliphatic rings. The molecular formula is C27H35NO6. The molecule has 0 atom stereocenters. The van der Waals surface area contributed by atoms with Crippen molar-refractivity contribution >= 4 is 5.91 Å². The molecule has 34 heavy (non-hydrogen) atoms. The van der Waals surface area contributed by atoms with Gasteiger partial charge in [-0.15, -0.1) is 0 Å². The van der Waals surface area contributed by atoms with Crippen LogP contribution in [0.4, 0.5) is 0 Å². The van der Waals surface area contributed by atoms with Gasteiger partial charge in [0.15, 0.2) is 0 Å². The number of likely N-dealkylation sites (tertiary alicyclic amines) is 1. The van der Waals surface area contributed by atoms with Gasteiger partial charge in [0.05, 0.1) is 33.0 Å². The molecule has 0 aliphatic carbocycles. The van der Waals surface area contributed by atoms with Crippen LogP contribution in [0.3, 0.4) is 0 Å². The number of rotatable bonds is 14. The number of hydrogen-bond acceptors (Lipinski definition) is 6. The molecule has 0 radical (unpaired) electrons. The maximum atomic E-state index is 11.8. The number of ether oxygens (including phenoxy) is 5. The Bertz CT molecular complexity index is 894. The van der Waals surface area contributed by atoms with Crippen molar-refractivity contribution in [2.75, 3.05) is 59.8 Å². The van der Waals surface area contributed by atoms with Crippen molar-refractivity contribution < 1.29 is 28.5 Å². The molecule has 0 N–H and O–H groups in total. The molecule has 1 aliphatic heterocycles. The predicted octanol–water partition coefficient (Wildman–Crippen LogP) is 3.97. The number of hydrogen-bond donors (Lipinski definition) is 0. The van der Waals surface area contributed by atoms with Crippen LogP contribution < -0.4 is 9.47 Å². The highest BCUT2D eigenvalue weighted by Gasteiger charge is 2.22. The third-order valence-corrected chi connectivity index (χ3v) is 5.53. The topological polar surface area (TPSA) is 66.5 Å². The van der Waals surface area contributed by atoms with Crippen LogP contribution in [0.2, 0.25) is 0 Å². The Morgan fingerprint density at radius 3 is 2.15 bits per heavy atom. The average Bonchev–Trinajstić information content (AvgIpc) is 2.88. The van der Waals surface area contributed by atoms with Gasteiger partial charge in [-0.2, -0.15) is 0 Å². The molecule has 2 aromatic carbocycles. The van der Waals surface area contributed by atoms with Crippen molar-refractivity contribution in [2.24, 2.45) is 0 Å². The van der Waals surface area contributed by atoms with E-state index in [0.29, 0.717) is 52.7 Å². The lowest BCUT2D eigenvalue weighted by atomic mass is 10.0. The van der Waals surface area contributed by atoms with Gasteiger partial charge in [0.25, 0.3) is 0 Å². The summed E-state index contributed by atoms with van der Waals surface area (Å²) in [4.78, 5) is 13.6. The minimum absolute atomic E-state index is 0.0129. The van der Waals surface area contributed by atoms with E-state index in [0.717, 1.165) is 35.5 Å². The first-order valence-electron chi connectivity index (χ1n) is 11.8. The minimum Gasteiger partial charge on any atom is -0.491 e. The van der Waals surface area contributed by atoms with E-state index in [1.807, 2.05) is 41.3 Å². The lowest BCUT2D eigenvalue weighted by Gasteiger charge is -2.31. The molecule has 0 spiro atoms. The zero-order valence-corrected chi connectivity index (χ0v) is 19.9. The molecule has 1 heterocycles. The fourth-order valence-electron chi connectivity index (χ4n) is 3.71. The predicted molar refractivity (Wildman–Crippen MR) is 131 cm³/mol. The third kappa shape index (κ3) is 8.48. The molecule has 184 valence electrons. The molecule has 7 heteroatoms. The molecule has 2 aromatic rings. The highest BCUT2D eigenvalue weighted by atomic mass is 16.6. The van der Waals surface area contributed by atoms with Gasteiger partial charge in [-0.1, -0.05) is 30.8 Å². The highest BCUT2D eigenvalue weighted by Crippen LogP contribution is 2.28. The molecule has 1 fully saturated rings. The summed E-state index contributed by atoms with van der Waals surface area (Å²) in [5.41, 5.74) is 2.12. The lowest BCUT2D eigenvalue weighted by molar-refractivity contribution is -0.127. The Labute approximate surface area is 202 Å². The first-order valence-corrected chi connectivity index (χ1v) is 11.8. The summed E-state index contributed by atoms with van der Waals surface area (Å²) in [6.45, 7) is 8.16. The number of benzene rings is 2. The Kier molecular flexibility index (Phi) is 10.9. The minimum atomic E-state index is -0.0129. The Hall–Kier alpha value is -2.87. The summed E-state index contributed by atoms with van der Waals surface area (Å²) in [7, 11) is 1.65. The SMILES string of the molecule is C=CC(=O)N1CCC(Oc2cccc(-c3cccc(OCCOCCOCCOC)c3)c2)CC1. The molecule has 0 unspecified atom stereocenters. The summed E-state index contributed by atoms with van der Waals surface area (Å²) in [6, 6.07) is 16.1. The maximum absolute atomic E-state index is 11.8. The van der Waals surface area contributed by atoms with Gasteiger partial charge >= 0.3 is 0 Å². The van der Waals surface area contributed by atoms with E-state index in [1.54, 1.807) is 7.11 Å². The second-order valence-electron chi connectivity index (χ2n) is 7.97. The van der Waals surface area contributed by atoms with E-state index in [4.69, 9.17) is 23.7 Å². The molecule has 1 saturated heterocycles. The van der Waals surface area contributed by atoms with Crippen molar-refractivity contribution in [2.45, 2.75) is 18.9 Å². The number of methoxy groups -OCH3 is 1. The van der Waals surface area contributed by atoms with Crippen molar-refractivity contribution in [1.29, 1.82) is 0 Å². The van der Waals surface area contributed by atoms with Crippen LogP contribution in [-0.2, 0) is 19.0 Å². The third-order valence-electron chi connectivity index (χ3n) is 5.53. The van der Waals surface area contributed by atoms with E-state index in [1.165, 1.54) is 6.08 Å². The van der Waals surface area contributed by atoms with Crippen LogP contribution in [0.1, 0.15) is 12.8 Å². The second kappa shape index (κ2) is 14.4. The van der Waals surface area contributed by atoms with Crippen LogP contribution in [-0.4, -0.2) is 76.8 Å². The van der Waals surface area contributed by atoms with Gasteiger partial charge in [-0.3, -0.25) is 4.79 Å². The number of piperidine rings is 1. The number of carbonyl (C=O) groups excluding carboxylic acids is 1. The lowest BCUT2D eigenvalue weighted by Crippen LogP contribution is -2.41. The van der Waals surface area contributed by atoms with Crippen LogP contribution in [0.25, 0.3) is 11.1 Å². The zero-order chi connectivity index (χ0) is 24.0. The normalized spacial score (nSPS) is 14.1. The van der Waals surface area contributed by atoms with Crippen molar-refractivity contribution in [3.8, 4) is 22.6 Å². The molecule has 1 amide bonds. The quantitative estimate of drug-likeness (QED) is 0.308. The zero-order valence-electron chi connectivity index (χ0n) is 19.9.